The molecule has 10 nitrogen and oxygen atoms in total. The maximum Gasteiger partial charge on any atom is 0.333 e. The summed E-state index contributed by atoms with van der Waals surface area (Å²) in [6, 6.07) is 0. The van der Waals surface area contributed by atoms with Crippen molar-refractivity contribution in [1.29, 1.82) is 0 Å². The van der Waals surface area contributed by atoms with Crippen molar-refractivity contribution < 1.29 is 47.9 Å². The van der Waals surface area contributed by atoms with Crippen molar-refractivity contribution in [2.24, 2.45) is 0 Å². The van der Waals surface area contributed by atoms with E-state index in [2.05, 4.69) is 24.5 Å². The standard InChI is InChI=1S/C16H26O7.C6H10O3/c1-13(2)15(17)22-11-9-20-7-5-19-6-8-21-10-12-23-16(18)14(3)4;1-5(2)6(8)9-4-3-7/h1,3,5-12H2,2,4H3;7H,1,3-4H2,2H3. The molecule has 0 fully saturated rings. The number of hydrogen-bond acceptors (Lipinski definition) is 10. The minimum Gasteiger partial charge on any atom is -0.460 e. The molecule has 0 unspecified atom stereocenters. The summed E-state index contributed by atoms with van der Waals surface area (Å²) in [5.74, 6) is -1.30. The zero-order valence-corrected chi connectivity index (χ0v) is 19.3. The Morgan fingerprint density at radius 1 is 0.531 bits per heavy atom. The summed E-state index contributed by atoms with van der Waals surface area (Å²) >= 11 is 0. The molecule has 0 saturated heterocycles. The van der Waals surface area contributed by atoms with E-state index in [4.69, 9.17) is 28.8 Å². The first-order chi connectivity index (χ1) is 15.1. The smallest absolute Gasteiger partial charge is 0.333 e. The van der Waals surface area contributed by atoms with Crippen molar-refractivity contribution >= 4 is 17.9 Å². The number of rotatable bonds is 17. The Labute approximate surface area is 189 Å². The van der Waals surface area contributed by atoms with Crippen LogP contribution in [0.1, 0.15) is 20.8 Å². The molecule has 10 heteroatoms. The van der Waals surface area contributed by atoms with Gasteiger partial charge >= 0.3 is 17.9 Å². The lowest BCUT2D eigenvalue weighted by Crippen LogP contribution is -2.15. The quantitative estimate of drug-likeness (QED) is 0.147. The molecule has 0 saturated carbocycles. The second kappa shape index (κ2) is 21.7. The summed E-state index contributed by atoms with van der Waals surface area (Å²) in [5.41, 5.74) is 1.08. The Bertz CT molecular complexity index is 562. The van der Waals surface area contributed by atoms with E-state index in [1.54, 1.807) is 20.8 Å². The molecule has 0 aromatic heterocycles. The van der Waals surface area contributed by atoms with Gasteiger partial charge in [-0.3, -0.25) is 0 Å². The van der Waals surface area contributed by atoms with E-state index in [9.17, 15) is 14.4 Å². The summed E-state index contributed by atoms with van der Waals surface area (Å²) in [4.78, 5) is 32.6. The van der Waals surface area contributed by atoms with Gasteiger partial charge in [-0.05, 0) is 20.8 Å². The lowest BCUT2D eigenvalue weighted by atomic mass is 10.4. The minimum absolute atomic E-state index is 0.0473. The van der Waals surface area contributed by atoms with Crippen LogP contribution in [0.3, 0.4) is 0 Å². The highest BCUT2D eigenvalue weighted by Crippen LogP contribution is 1.93. The van der Waals surface area contributed by atoms with Crippen molar-refractivity contribution in [2.75, 3.05) is 66.1 Å². The van der Waals surface area contributed by atoms with Gasteiger partial charge in [-0.2, -0.15) is 0 Å². The molecule has 0 aromatic rings. The van der Waals surface area contributed by atoms with Crippen molar-refractivity contribution in [1.82, 2.24) is 0 Å². The van der Waals surface area contributed by atoms with E-state index < -0.39 is 17.9 Å². The molecule has 0 aliphatic heterocycles. The minimum atomic E-state index is -0.455. The molecule has 0 aromatic carbocycles. The molecule has 1 N–H and O–H groups in total. The number of carbonyl (C=O) groups is 3. The van der Waals surface area contributed by atoms with Gasteiger partial charge < -0.3 is 33.5 Å². The Balaban J connectivity index is 0. The predicted molar refractivity (Wildman–Crippen MR) is 117 cm³/mol. The maximum absolute atomic E-state index is 11.0. The predicted octanol–water partition coefficient (Wildman–Crippen LogP) is 1.37. The lowest BCUT2D eigenvalue weighted by molar-refractivity contribution is -0.141. The molecule has 0 spiro atoms. The first-order valence-electron chi connectivity index (χ1n) is 9.95. The summed E-state index contributed by atoms with van der Waals surface area (Å²) in [7, 11) is 0. The van der Waals surface area contributed by atoms with Gasteiger partial charge in [0.2, 0.25) is 0 Å². The molecule has 184 valence electrons. The van der Waals surface area contributed by atoms with Crippen molar-refractivity contribution in [3.05, 3.63) is 36.5 Å². The van der Waals surface area contributed by atoms with Crippen LogP contribution in [0.25, 0.3) is 0 Å². The van der Waals surface area contributed by atoms with Gasteiger partial charge in [0.1, 0.15) is 19.8 Å². The van der Waals surface area contributed by atoms with Gasteiger partial charge in [-0.15, -0.1) is 0 Å². The van der Waals surface area contributed by atoms with Crippen LogP contribution in [0, 0.1) is 0 Å². The fourth-order valence-corrected chi connectivity index (χ4v) is 1.44. The summed E-state index contributed by atoms with van der Waals surface area (Å²) in [6.45, 7) is 17.6. The molecule has 0 heterocycles. The third-order valence-corrected chi connectivity index (χ3v) is 3.04. The summed E-state index contributed by atoms with van der Waals surface area (Å²) in [6.07, 6.45) is 0. The van der Waals surface area contributed by atoms with Crippen LogP contribution in [-0.4, -0.2) is 89.1 Å². The second-order valence-electron chi connectivity index (χ2n) is 6.31. The van der Waals surface area contributed by atoms with Gasteiger partial charge in [0.15, 0.2) is 0 Å². The van der Waals surface area contributed by atoms with Crippen molar-refractivity contribution in [2.45, 2.75) is 20.8 Å². The third kappa shape index (κ3) is 22.2. The van der Waals surface area contributed by atoms with Crippen LogP contribution >= 0.6 is 0 Å². The SMILES string of the molecule is C=C(C)C(=O)OCCO.C=C(C)C(=O)OCCOCCOCCOCCOC(=O)C(=C)C. The van der Waals surface area contributed by atoms with Gasteiger partial charge in [0.05, 0.1) is 46.2 Å². The highest BCUT2D eigenvalue weighted by Gasteiger charge is 2.03. The molecule has 0 aliphatic carbocycles. The highest BCUT2D eigenvalue weighted by atomic mass is 16.6. The zero-order valence-electron chi connectivity index (χ0n) is 19.3. The molecule has 0 bridgehead atoms. The molecular formula is C22H36O10. The van der Waals surface area contributed by atoms with Crippen LogP contribution in [0.5, 0.6) is 0 Å². The molecule has 0 rings (SSSR count). The molecule has 0 amide bonds. The number of aliphatic hydroxyl groups excluding tert-OH is 1. The monoisotopic (exact) mass is 460 g/mol. The second-order valence-corrected chi connectivity index (χ2v) is 6.31. The van der Waals surface area contributed by atoms with Crippen LogP contribution < -0.4 is 0 Å². The fourth-order valence-electron chi connectivity index (χ4n) is 1.44. The fraction of sp³-hybridized carbons (Fsp3) is 0.591. The van der Waals surface area contributed by atoms with Gasteiger partial charge in [-0.1, -0.05) is 19.7 Å². The van der Waals surface area contributed by atoms with E-state index in [0.29, 0.717) is 56.4 Å². The van der Waals surface area contributed by atoms with Crippen LogP contribution in [0.15, 0.2) is 36.5 Å². The molecule has 32 heavy (non-hydrogen) atoms. The van der Waals surface area contributed by atoms with E-state index >= 15 is 0 Å². The molecular weight excluding hydrogens is 424 g/mol. The van der Waals surface area contributed by atoms with Crippen LogP contribution in [0.4, 0.5) is 0 Å². The Morgan fingerprint density at radius 2 is 0.781 bits per heavy atom. The van der Waals surface area contributed by atoms with Crippen molar-refractivity contribution in [3.63, 3.8) is 0 Å². The van der Waals surface area contributed by atoms with Gasteiger partial charge in [0.25, 0.3) is 0 Å². The van der Waals surface area contributed by atoms with E-state index in [1.807, 2.05) is 0 Å². The van der Waals surface area contributed by atoms with E-state index in [1.165, 1.54) is 0 Å². The molecule has 0 radical (unpaired) electrons. The normalized spacial score (nSPS) is 9.75. The lowest BCUT2D eigenvalue weighted by Gasteiger charge is -2.08. The largest absolute Gasteiger partial charge is 0.460 e. The summed E-state index contributed by atoms with van der Waals surface area (Å²) in [5, 5.41) is 8.19. The number of ether oxygens (including phenoxy) is 6. The first kappa shape index (κ1) is 31.7. The van der Waals surface area contributed by atoms with E-state index in [-0.39, 0.29) is 26.4 Å². The number of aliphatic hydroxyl groups is 1. The maximum atomic E-state index is 11.0. The first-order valence-corrected chi connectivity index (χ1v) is 9.95. The van der Waals surface area contributed by atoms with Gasteiger partial charge in [0, 0.05) is 16.7 Å². The summed E-state index contributed by atoms with van der Waals surface area (Å²) < 4.78 is 29.9. The van der Waals surface area contributed by atoms with Crippen LogP contribution in [0.2, 0.25) is 0 Å². The average molecular weight is 461 g/mol. The average Bonchev–Trinajstić information content (AvgIpc) is 2.74. The van der Waals surface area contributed by atoms with Gasteiger partial charge in [-0.25, -0.2) is 14.4 Å². The topological polar surface area (TPSA) is 127 Å². The molecule has 0 aliphatic rings. The Morgan fingerprint density at radius 3 is 1.03 bits per heavy atom. The Kier molecular flexibility index (Phi) is 21.5. The van der Waals surface area contributed by atoms with Crippen LogP contribution in [-0.2, 0) is 42.8 Å². The van der Waals surface area contributed by atoms with E-state index in [0.717, 1.165) is 0 Å². The number of hydrogen-bond donors (Lipinski definition) is 1. The third-order valence-electron chi connectivity index (χ3n) is 3.04. The van der Waals surface area contributed by atoms with Crippen molar-refractivity contribution in [3.8, 4) is 0 Å². The highest BCUT2D eigenvalue weighted by molar-refractivity contribution is 5.87. The number of esters is 3. The number of carbonyl (C=O) groups excluding carboxylic acids is 3. The zero-order chi connectivity index (χ0) is 24.8. The Hall–Kier alpha value is -2.53. The molecule has 0 atom stereocenters.